The van der Waals surface area contributed by atoms with Gasteiger partial charge in [0.2, 0.25) is 16.0 Å². The molecule has 1 aromatic carbocycles. The fraction of sp³-hybridized carbons (Fsp3) is 0.400. The first-order valence-corrected chi connectivity index (χ1v) is 8.89. The molecule has 0 saturated carbocycles. The smallest absolute Gasteiger partial charge is 0.321 e. The third-order valence-electron chi connectivity index (χ3n) is 3.29. The number of methoxy groups -OCH3 is 1. The Kier molecular flexibility index (Phi) is 5.68. The quantitative estimate of drug-likeness (QED) is 0.794. The highest BCUT2D eigenvalue weighted by Crippen LogP contribution is 2.13. The molecule has 0 atom stereocenters. The molecule has 9 heteroatoms. The van der Waals surface area contributed by atoms with Crippen molar-refractivity contribution in [3.63, 3.8) is 0 Å². The molecule has 2 aromatic rings. The van der Waals surface area contributed by atoms with Crippen LogP contribution in [0.3, 0.4) is 0 Å². The Labute approximate surface area is 142 Å². The Morgan fingerprint density at radius 1 is 1.12 bits per heavy atom. The van der Waals surface area contributed by atoms with Crippen LogP contribution in [0.5, 0.6) is 6.01 Å². The van der Waals surface area contributed by atoms with Crippen molar-refractivity contribution in [2.45, 2.75) is 24.8 Å². The Balaban J connectivity index is 2.18. The third kappa shape index (κ3) is 4.39. The molecular weight excluding hydrogens is 330 g/mol. The summed E-state index contributed by atoms with van der Waals surface area (Å²) in [7, 11) is 1.35. The zero-order valence-electron chi connectivity index (χ0n) is 14.1. The molecule has 2 rings (SSSR count). The van der Waals surface area contributed by atoms with Crippen LogP contribution >= 0.6 is 0 Å². The lowest BCUT2D eigenvalue weighted by Gasteiger charge is -2.12. The third-order valence-corrected chi connectivity index (χ3v) is 4.71. The Bertz CT molecular complexity index is 791. The second-order valence-corrected chi connectivity index (χ2v) is 7.02. The number of benzene rings is 1. The van der Waals surface area contributed by atoms with Gasteiger partial charge >= 0.3 is 6.01 Å². The average molecular weight is 351 g/mol. The van der Waals surface area contributed by atoms with Crippen LogP contribution in [0.2, 0.25) is 0 Å². The van der Waals surface area contributed by atoms with Gasteiger partial charge in [0.25, 0.3) is 0 Å². The normalized spacial score (nSPS) is 11.3. The Morgan fingerprint density at radius 3 is 2.33 bits per heavy atom. The number of anilines is 1. The van der Waals surface area contributed by atoms with E-state index in [0.717, 1.165) is 12.0 Å². The molecule has 0 amide bonds. The van der Waals surface area contributed by atoms with E-state index in [0.29, 0.717) is 5.95 Å². The van der Waals surface area contributed by atoms with Crippen molar-refractivity contribution < 1.29 is 13.2 Å². The van der Waals surface area contributed by atoms with Gasteiger partial charge in [0.15, 0.2) is 5.82 Å². The highest BCUT2D eigenvalue weighted by Gasteiger charge is 2.16. The number of nitrogens with one attached hydrogen (secondary N) is 1. The average Bonchev–Trinajstić information content (AvgIpc) is 2.59. The van der Waals surface area contributed by atoms with Gasteiger partial charge in [-0.15, -0.1) is 0 Å². The minimum Gasteiger partial charge on any atom is -0.467 e. The lowest BCUT2D eigenvalue weighted by Crippen LogP contribution is -2.25. The maximum absolute atomic E-state index is 12.4. The van der Waals surface area contributed by atoms with Gasteiger partial charge < -0.3 is 9.64 Å². The maximum atomic E-state index is 12.4. The van der Waals surface area contributed by atoms with E-state index < -0.39 is 10.0 Å². The summed E-state index contributed by atoms with van der Waals surface area (Å²) < 4.78 is 32.2. The summed E-state index contributed by atoms with van der Waals surface area (Å²) in [6, 6.07) is 6.89. The van der Waals surface area contributed by atoms with Gasteiger partial charge in [-0.2, -0.15) is 15.0 Å². The van der Waals surface area contributed by atoms with Crippen LogP contribution in [0.15, 0.2) is 29.2 Å². The van der Waals surface area contributed by atoms with Gasteiger partial charge in [-0.3, -0.25) is 0 Å². The standard InChI is InChI=1S/C15H21N5O3S/c1-5-11-6-8-12(9-7-11)24(21,22)16-10-13-17-14(20(2)3)19-15(18-13)23-4/h6-9,16H,5,10H2,1-4H3. The van der Waals surface area contributed by atoms with E-state index in [2.05, 4.69) is 19.7 Å². The van der Waals surface area contributed by atoms with Crippen LogP contribution in [0.4, 0.5) is 5.95 Å². The van der Waals surface area contributed by atoms with Gasteiger partial charge in [-0.25, -0.2) is 13.1 Å². The van der Waals surface area contributed by atoms with Gasteiger partial charge in [0, 0.05) is 14.1 Å². The molecular formula is C15H21N5O3S. The zero-order valence-corrected chi connectivity index (χ0v) is 15.0. The molecule has 8 nitrogen and oxygen atoms in total. The van der Waals surface area contributed by atoms with Crippen molar-refractivity contribution in [1.82, 2.24) is 19.7 Å². The first kappa shape index (κ1) is 18.1. The molecule has 0 radical (unpaired) electrons. The zero-order chi connectivity index (χ0) is 17.7. The molecule has 24 heavy (non-hydrogen) atoms. The molecule has 130 valence electrons. The van der Waals surface area contributed by atoms with Crippen molar-refractivity contribution in [3.8, 4) is 6.01 Å². The molecule has 0 fully saturated rings. The SMILES string of the molecule is CCc1ccc(S(=O)(=O)NCc2nc(OC)nc(N(C)C)n2)cc1. The van der Waals surface area contributed by atoms with Gasteiger partial charge in [0.05, 0.1) is 18.6 Å². The molecule has 0 spiro atoms. The van der Waals surface area contributed by atoms with E-state index in [9.17, 15) is 8.42 Å². The van der Waals surface area contributed by atoms with Crippen LogP contribution < -0.4 is 14.4 Å². The molecule has 1 aromatic heterocycles. The summed E-state index contributed by atoms with van der Waals surface area (Å²) >= 11 is 0. The minimum atomic E-state index is -3.64. The fourth-order valence-electron chi connectivity index (χ4n) is 1.90. The number of ether oxygens (including phenoxy) is 1. The second-order valence-electron chi connectivity index (χ2n) is 5.25. The van der Waals surface area contributed by atoms with Crippen molar-refractivity contribution in [2.24, 2.45) is 0 Å². The van der Waals surface area contributed by atoms with E-state index in [1.165, 1.54) is 7.11 Å². The second kappa shape index (κ2) is 7.54. The topological polar surface area (TPSA) is 97.3 Å². The maximum Gasteiger partial charge on any atom is 0.321 e. The van der Waals surface area contributed by atoms with Gasteiger partial charge in [0.1, 0.15) is 0 Å². The number of aryl methyl sites for hydroxylation is 1. The Morgan fingerprint density at radius 2 is 1.79 bits per heavy atom. The van der Waals surface area contributed by atoms with Crippen LogP contribution in [0, 0.1) is 0 Å². The van der Waals surface area contributed by atoms with E-state index in [-0.39, 0.29) is 23.3 Å². The molecule has 0 bridgehead atoms. The predicted molar refractivity (Wildman–Crippen MR) is 90.6 cm³/mol. The summed E-state index contributed by atoms with van der Waals surface area (Å²) in [5, 5.41) is 0. The predicted octanol–water partition coefficient (Wildman–Crippen LogP) is 0.987. The van der Waals surface area contributed by atoms with E-state index in [1.54, 1.807) is 43.3 Å². The van der Waals surface area contributed by atoms with Crippen molar-refractivity contribution in [1.29, 1.82) is 0 Å². The van der Waals surface area contributed by atoms with E-state index in [1.807, 2.05) is 6.92 Å². The Hall–Kier alpha value is -2.26. The van der Waals surface area contributed by atoms with Crippen LogP contribution in [0.25, 0.3) is 0 Å². The minimum absolute atomic E-state index is 0.0580. The van der Waals surface area contributed by atoms with Crippen molar-refractivity contribution in [3.05, 3.63) is 35.7 Å². The fourth-order valence-corrected chi connectivity index (χ4v) is 2.88. The summed E-state index contributed by atoms with van der Waals surface area (Å²) in [5.41, 5.74) is 1.08. The number of aromatic nitrogens is 3. The number of sulfonamides is 1. The van der Waals surface area contributed by atoms with Gasteiger partial charge in [-0.1, -0.05) is 19.1 Å². The summed E-state index contributed by atoms with van der Waals surface area (Å²) in [6.07, 6.45) is 0.853. The monoisotopic (exact) mass is 351 g/mol. The lowest BCUT2D eigenvalue weighted by molar-refractivity contribution is 0.375. The number of nitrogens with zero attached hydrogens (tertiary/aromatic N) is 4. The first-order valence-electron chi connectivity index (χ1n) is 7.40. The first-order chi connectivity index (χ1) is 11.4. The van der Waals surface area contributed by atoms with Gasteiger partial charge in [-0.05, 0) is 24.1 Å². The largest absolute Gasteiger partial charge is 0.467 e. The summed E-state index contributed by atoms with van der Waals surface area (Å²) in [5.74, 6) is 0.669. The molecule has 1 heterocycles. The number of hydrogen-bond donors (Lipinski definition) is 1. The van der Waals surface area contributed by atoms with Crippen LogP contribution in [-0.2, 0) is 23.0 Å². The molecule has 0 saturated heterocycles. The molecule has 0 aliphatic rings. The number of rotatable bonds is 7. The molecule has 1 N–H and O–H groups in total. The van der Waals surface area contributed by atoms with Crippen molar-refractivity contribution in [2.75, 3.05) is 26.1 Å². The summed E-state index contributed by atoms with van der Waals surface area (Å²) in [6.45, 7) is 1.95. The molecule has 0 aliphatic heterocycles. The molecule has 0 aliphatic carbocycles. The van der Waals surface area contributed by atoms with Crippen LogP contribution in [0.1, 0.15) is 18.3 Å². The van der Waals surface area contributed by atoms with E-state index >= 15 is 0 Å². The van der Waals surface area contributed by atoms with E-state index in [4.69, 9.17) is 4.74 Å². The van der Waals surface area contributed by atoms with Crippen LogP contribution in [-0.4, -0.2) is 44.6 Å². The highest BCUT2D eigenvalue weighted by molar-refractivity contribution is 7.89. The lowest BCUT2D eigenvalue weighted by atomic mass is 10.2. The summed E-state index contributed by atoms with van der Waals surface area (Å²) in [4.78, 5) is 14.2. The highest BCUT2D eigenvalue weighted by atomic mass is 32.2. The molecule has 0 unspecified atom stereocenters. The van der Waals surface area contributed by atoms with Crippen molar-refractivity contribution >= 4 is 16.0 Å². The number of hydrogen-bond acceptors (Lipinski definition) is 7.